The summed E-state index contributed by atoms with van der Waals surface area (Å²) in [6.07, 6.45) is 16.0. The van der Waals surface area contributed by atoms with Gasteiger partial charge in [-0.15, -0.1) is 10.1 Å². The summed E-state index contributed by atoms with van der Waals surface area (Å²) in [5.41, 5.74) is 15.8. The Kier molecular flexibility index (Phi) is 40.2. The quantitative estimate of drug-likeness (QED) is 0.0584. The van der Waals surface area contributed by atoms with Crippen LogP contribution in [0.3, 0.4) is 0 Å². The third kappa shape index (κ3) is 36.5. The number of carbonyl (C=O) groups excluding carboxylic acids is 9. The van der Waals surface area contributed by atoms with Gasteiger partial charge >= 0.3 is 11.9 Å². The minimum absolute atomic E-state index is 0.120. The molecule has 6 N–H and O–H groups in total. The van der Waals surface area contributed by atoms with Crippen LogP contribution in [0.1, 0.15) is 143 Å². The highest BCUT2D eigenvalue weighted by Gasteiger charge is 2.33. The van der Waals surface area contributed by atoms with Gasteiger partial charge in [0.2, 0.25) is 0 Å². The van der Waals surface area contributed by atoms with Crippen LogP contribution >= 0.6 is 45.2 Å². The highest BCUT2D eigenvalue weighted by molar-refractivity contribution is 14.1. The number of nitrogens with two attached hydrogens (primary N) is 3. The second-order valence-corrected chi connectivity index (χ2v) is 13.8. The van der Waals surface area contributed by atoms with Crippen molar-refractivity contribution < 1.29 is 52.8 Å². The first kappa shape index (κ1) is 55.9. The van der Waals surface area contributed by atoms with Gasteiger partial charge in [-0.05, 0) is 72.0 Å². The van der Waals surface area contributed by atoms with Gasteiger partial charge in [0.1, 0.15) is 21.8 Å². The van der Waals surface area contributed by atoms with Gasteiger partial charge in [0.05, 0.1) is 4.43 Å². The van der Waals surface area contributed by atoms with Gasteiger partial charge < -0.3 is 36.5 Å². The Morgan fingerprint density at radius 2 is 0.815 bits per heavy atom. The van der Waals surface area contributed by atoms with Crippen LogP contribution in [0.4, 0.5) is 0 Å². The van der Waals surface area contributed by atoms with Gasteiger partial charge in [-0.2, -0.15) is 0 Å². The molecule has 2 aliphatic heterocycles. The zero-order chi connectivity index (χ0) is 41.7. The largest absolute Gasteiger partial charge is 0.342 e. The van der Waals surface area contributed by atoms with E-state index in [2.05, 4.69) is 32.3 Å². The summed E-state index contributed by atoms with van der Waals surface area (Å²) < 4.78 is 0.761. The van der Waals surface area contributed by atoms with Crippen LogP contribution in [-0.2, 0) is 52.8 Å². The third-order valence-corrected chi connectivity index (χ3v) is 8.53. The van der Waals surface area contributed by atoms with E-state index < -0.39 is 35.6 Å². The predicted molar refractivity (Wildman–Crippen MR) is 221 cm³/mol. The van der Waals surface area contributed by atoms with Gasteiger partial charge in [-0.25, -0.2) is 9.59 Å². The van der Waals surface area contributed by atoms with Crippen molar-refractivity contribution >= 4 is 98.1 Å². The van der Waals surface area contributed by atoms with Crippen LogP contribution in [0.5, 0.6) is 0 Å². The summed E-state index contributed by atoms with van der Waals surface area (Å²) >= 11 is 3.90. The number of halogens is 2. The van der Waals surface area contributed by atoms with Crippen molar-refractivity contribution in [3.05, 3.63) is 0 Å². The maximum Gasteiger partial charge on any atom is 0.342 e. The normalized spacial score (nSPS) is 13.0. The van der Waals surface area contributed by atoms with Crippen LogP contribution < -0.4 is 17.2 Å². The number of amides is 4. The monoisotopic (exact) mass is 995 g/mol. The number of ketones is 3. The lowest BCUT2D eigenvalue weighted by Gasteiger charge is -2.10. The molecule has 312 valence electrons. The maximum absolute atomic E-state index is 10.9. The lowest BCUT2D eigenvalue weighted by molar-refractivity contribution is -0.195. The van der Waals surface area contributed by atoms with E-state index in [1.807, 2.05) is 0 Å². The molecule has 0 radical (unpaired) electrons. The molecule has 0 unspecified atom stereocenters. The van der Waals surface area contributed by atoms with E-state index in [1.54, 1.807) is 36.4 Å². The fourth-order valence-electron chi connectivity index (χ4n) is 4.20. The standard InChI is InChI=1S/C11H19IO2.C8H17NO.C6H6INO4.C6H7NO4.C5H14N2/c1-10(13)7-5-3-2-4-6-8-11(14)9-12;1-8(10)6-4-2-3-5-7-9;7-3-6(11)12-8-4(9)1-2-5(8)10;1-4(8)11-7-5(9)2-3-6(7)10;6-4-2-1-3-5-7/h2-9H2,1H3;2-7,9H2,1H3;1-3H2;2-3H2,1H3;1-7H2. The van der Waals surface area contributed by atoms with Gasteiger partial charge in [0.25, 0.3) is 23.6 Å². The number of hydrogen-bond acceptors (Lipinski definition) is 14. The second kappa shape index (κ2) is 38.8. The minimum atomic E-state index is -0.659. The number of rotatable bonds is 22. The molecule has 0 spiro atoms. The van der Waals surface area contributed by atoms with E-state index in [9.17, 15) is 43.2 Å². The molecule has 0 atom stereocenters. The van der Waals surface area contributed by atoms with E-state index in [-0.39, 0.29) is 35.9 Å². The van der Waals surface area contributed by atoms with E-state index in [1.165, 1.54) is 12.8 Å². The van der Waals surface area contributed by atoms with Crippen LogP contribution in [0.15, 0.2) is 0 Å². The first-order valence-electron chi connectivity index (χ1n) is 18.4. The SMILES string of the molecule is CC(=O)CCCCCCCC(=O)CI.CC(=O)CCCCCCN.CC(=O)ON1C(=O)CCC1=O.NCCCCCN.O=C(CI)ON1C(=O)CCC1=O. The molecule has 16 nitrogen and oxygen atoms in total. The van der Waals surface area contributed by atoms with Crippen molar-refractivity contribution in [2.24, 2.45) is 17.2 Å². The average Bonchev–Trinajstić information content (AvgIpc) is 3.62. The predicted octanol–water partition coefficient (Wildman–Crippen LogP) is 4.51. The topological polar surface area (TPSA) is 257 Å². The lowest BCUT2D eigenvalue weighted by atomic mass is 10.1. The summed E-state index contributed by atoms with van der Waals surface area (Å²) in [7, 11) is 0. The van der Waals surface area contributed by atoms with Crippen molar-refractivity contribution in [2.45, 2.75) is 143 Å². The fourth-order valence-corrected chi connectivity index (χ4v) is 4.72. The van der Waals surface area contributed by atoms with Gasteiger partial charge in [0.15, 0.2) is 0 Å². The average molecular weight is 996 g/mol. The van der Waals surface area contributed by atoms with Crippen LogP contribution in [0, 0.1) is 0 Å². The number of hydrogen-bond donors (Lipinski definition) is 3. The molecule has 0 aromatic carbocycles. The highest BCUT2D eigenvalue weighted by atomic mass is 127. The molecule has 0 bridgehead atoms. The molecule has 2 aliphatic rings. The van der Waals surface area contributed by atoms with Crippen molar-refractivity contribution in [1.29, 1.82) is 0 Å². The van der Waals surface area contributed by atoms with Gasteiger partial charge in [-0.1, -0.05) is 83.7 Å². The molecule has 2 rings (SSSR count). The van der Waals surface area contributed by atoms with E-state index in [0.29, 0.717) is 32.5 Å². The molecule has 2 heterocycles. The smallest absolute Gasteiger partial charge is 0.331 e. The molecule has 2 fully saturated rings. The lowest BCUT2D eigenvalue weighted by Crippen LogP contribution is -2.32. The van der Waals surface area contributed by atoms with Crippen molar-refractivity contribution in [3.8, 4) is 0 Å². The van der Waals surface area contributed by atoms with Gasteiger partial charge in [0, 0.05) is 51.9 Å². The van der Waals surface area contributed by atoms with Crippen LogP contribution in [0.25, 0.3) is 0 Å². The zero-order valence-electron chi connectivity index (χ0n) is 32.3. The Morgan fingerprint density at radius 3 is 1.13 bits per heavy atom. The number of imide groups is 2. The summed E-state index contributed by atoms with van der Waals surface area (Å²) in [5, 5.41) is 1.06. The molecule has 0 aromatic rings. The van der Waals surface area contributed by atoms with Gasteiger partial charge in [-0.3, -0.25) is 24.0 Å². The highest BCUT2D eigenvalue weighted by Crippen LogP contribution is 2.13. The Morgan fingerprint density at radius 1 is 0.500 bits per heavy atom. The number of nitrogens with zero attached hydrogens (tertiary/aromatic N) is 2. The Bertz CT molecular complexity index is 1110. The summed E-state index contributed by atoms with van der Waals surface area (Å²) in [5.74, 6) is -2.10. The van der Waals surface area contributed by atoms with E-state index in [4.69, 9.17) is 17.2 Å². The molecular weight excluding hydrogens is 932 g/mol. The Balaban J connectivity index is -0.000000611. The molecule has 18 heteroatoms. The van der Waals surface area contributed by atoms with Crippen molar-refractivity contribution in [1.82, 2.24) is 10.1 Å². The molecule has 0 aliphatic carbocycles. The van der Waals surface area contributed by atoms with E-state index in [0.717, 1.165) is 104 Å². The maximum atomic E-state index is 10.9. The van der Waals surface area contributed by atoms with Crippen LogP contribution in [0.2, 0.25) is 0 Å². The summed E-state index contributed by atoms with van der Waals surface area (Å²) in [6.45, 7) is 6.81. The number of Topliss-reactive ketones (excluding diaryl/α,β-unsaturated/α-hetero) is 3. The molecular formula is C36H63I2N5O11. The van der Waals surface area contributed by atoms with Crippen LogP contribution in [-0.4, -0.2) is 91.5 Å². The van der Waals surface area contributed by atoms with Crippen molar-refractivity contribution in [2.75, 3.05) is 28.5 Å². The minimum Gasteiger partial charge on any atom is -0.331 e. The molecule has 54 heavy (non-hydrogen) atoms. The van der Waals surface area contributed by atoms with Crippen molar-refractivity contribution in [3.63, 3.8) is 0 Å². The molecule has 4 amide bonds. The number of carbonyl (C=O) groups is 9. The summed E-state index contributed by atoms with van der Waals surface area (Å²) in [4.78, 5) is 105. The summed E-state index contributed by atoms with van der Waals surface area (Å²) in [6, 6.07) is 0. The van der Waals surface area contributed by atoms with E-state index >= 15 is 0 Å². The number of alkyl halides is 2. The Labute approximate surface area is 347 Å². The molecule has 2 saturated heterocycles. The zero-order valence-corrected chi connectivity index (χ0v) is 36.7. The Hall–Kier alpha value is -2.43. The molecule has 0 saturated carbocycles. The number of unbranched alkanes of at least 4 members (excludes halogenated alkanes) is 9. The fraction of sp³-hybridized carbons (Fsp3) is 0.750. The first-order valence-corrected chi connectivity index (χ1v) is 21.5. The molecule has 0 aromatic heterocycles. The third-order valence-electron chi connectivity index (χ3n) is 7.06. The second-order valence-electron chi connectivity index (χ2n) is 12.3. The number of hydroxylamine groups is 4. The first-order chi connectivity index (χ1) is 25.6.